The maximum Gasteiger partial charge on any atom is 0.101 e. The molecular weight excluding hydrogens is 244 g/mol. The molecule has 90 valence electrons. The SMILES string of the molecule is Cc1cccc(N(C)c2cc(Cl)ccc2C#N)c1. The van der Waals surface area contributed by atoms with E-state index in [1.54, 1.807) is 12.1 Å². The fourth-order valence-corrected chi connectivity index (χ4v) is 2.02. The number of anilines is 2. The molecule has 0 unspecified atom stereocenters. The molecule has 0 amide bonds. The molecular formula is C15H13ClN2. The first kappa shape index (κ1) is 12.5. The Bertz CT molecular complexity index is 614. The van der Waals surface area contributed by atoms with E-state index < -0.39 is 0 Å². The molecule has 0 aromatic heterocycles. The second-order valence-corrected chi connectivity index (χ2v) is 4.61. The molecule has 0 saturated carbocycles. The average Bonchev–Trinajstić information content (AvgIpc) is 2.38. The highest BCUT2D eigenvalue weighted by atomic mass is 35.5. The van der Waals surface area contributed by atoms with E-state index in [0.717, 1.165) is 11.4 Å². The summed E-state index contributed by atoms with van der Waals surface area (Å²) in [6.45, 7) is 2.04. The van der Waals surface area contributed by atoms with Crippen molar-refractivity contribution in [2.45, 2.75) is 6.92 Å². The Hall–Kier alpha value is -1.98. The zero-order valence-electron chi connectivity index (χ0n) is 10.3. The monoisotopic (exact) mass is 256 g/mol. The van der Waals surface area contributed by atoms with Crippen molar-refractivity contribution in [3.63, 3.8) is 0 Å². The van der Waals surface area contributed by atoms with Gasteiger partial charge in [0.2, 0.25) is 0 Å². The van der Waals surface area contributed by atoms with Crippen molar-refractivity contribution in [3.8, 4) is 6.07 Å². The second kappa shape index (κ2) is 5.12. The lowest BCUT2D eigenvalue weighted by Crippen LogP contribution is -2.11. The summed E-state index contributed by atoms with van der Waals surface area (Å²) in [6, 6.07) is 15.6. The van der Waals surface area contributed by atoms with Gasteiger partial charge in [-0.15, -0.1) is 0 Å². The van der Waals surface area contributed by atoms with Crippen LogP contribution >= 0.6 is 11.6 Å². The highest BCUT2D eigenvalue weighted by Crippen LogP contribution is 2.29. The molecule has 0 heterocycles. The minimum atomic E-state index is 0.614. The molecule has 0 radical (unpaired) electrons. The molecule has 0 aliphatic carbocycles. The minimum absolute atomic E-state index is 0.614. The van der Waals surface area contributed by atoms with Gasteiger partial charge in [-0.3, -0.25) is 0 Å². The topological polar surface area (TPSA) is 27.0 Å². The highest BCUT2D eigenvalue weighted by Gasteiger charge is 2.10. The molecule has 0 atom stereocenters. The summed E-state index contributed by atoms with van der Waals surface area (Å²) in [5, 5.41) is 9.77. The summed E-state index contributed by atoms with van der Waals surface area (Å²) < 4.78 is 0. The van der Waals surface area contributed by atoms with Crippen LogP contribution in [0.2, 0.25) is 5.02 Å². The van der Waals surface area contributed by atoms with E-state index in [4.69, 9.17) is 16.9 Å². The molecule has 0 aliphatic heterocycles. The van der Waals surface area contributed by atoms with Crippen molar-refractivity contribution >= 4 is 23.0 Å². The van der Waals surface area contributed by atoms with Crippen LogP contribution in [0.5, 0.6) is 0 Å². The van der Waals surface area contributed by atoms with Gasteiger partial charge < -0.3 is 4.90 Å². The first-order valence-electron chi connectivity index (χ1n) is 5.62. The van der Waals surface area contributed by atoms with Crippen molar-refractivity contribution in [2.24, 2.45) is 0 Å². The van der Waals surface area contributed by atoms with Crippen molar-refractivity contribution in [3.05, 3.63) is 58.6 Å². The van der Waals surface area contributed by atoms with Crippen molar-refractivity contribution in [1.82, 2.24) is 0 Å². The number of nitrogens with zero attached hydrogens (tertiary/aromatic N) is 2. The van der Waals surface area contributed by atoms with Gasteiger partial charge >= 0.3 is 0 Å². The first-order valence-corrected chi connectivity index (χ1v) is 5.99. The lowest BCUT2D eigenvalue weighted by Gasteiger charge is -2.21. The summed E-state index contributed by atoms with van der Waals surface area (Å²) in [4.78, 5) is 1.97. The van der Waals surface area contributed by atoms with Crippen molar-refractivity contribution < 1.29 is 0 Å². The van der Waals surface area contributed by atoms with E-state index in [0.29, 0.717) is 10.6 Å². The number of hydrogen-bond acceptors (Lipinski definition) is 2. The molecule has 0 spiro atoms. The van der Waals surface area contributed by atoms with Gasteiger partial charge in [-0.2, -0.15) is 5.26 Å². The summed E-state index contributed by atoms with van der Waals surface area (Å²) in [6.07, 6.45) is 0. The number of hydrogen-bond donors (Lipinski definition) is 0. The lowest BCUT2D eigenvalue weighted by atomic mass is 10.1. The molecule has 2 aromatic rings. The van der Waals surface area contributed by atoms with Gasteiger partial charge in [-0.05, 0) is 42.8 Å². The molecule has 0 N–H and O–H groups in total. The molecule has 18 heavy (non-hydrogen) atoms. The second-order valence-electron chi connectivity index (χ2n) is 4.17. The summed E-state index contributed by atoms with van der Waals surface area (Å²) in [5.41, 5.74) is 3.65. The third kappa shape index (κ3) is 2.47. The van der Waals surface area contributed by atoms with Crippen LogP contribution in [0.3, 0.4) is 0 Å². The average molecular weight is 257 g/mol. The number of rotatable bonds is 2. The van der Waals surface area contributed by atoms with Crippen LogP contribution in [0.1, 0.15) is 11.1 Å². The highest BCUT2D eigenvalue weighted by molar-refractivity contribution is 6.30. The summed E-state index contributed by atoms with van der Waals surface area (Å²) in [7, 11) is 1.93. The first-order chi connectivity index (χ1) is 8.61. The van der Waals surface area contributed by atoms with E-state index in [1.807, 2.05) is 43.1 Å². The largest absolute Gasteiger partial charge is 0.343 e. The van der Waals surface area contributed by atoms with Gasteiger partial charge in [-0.25, -0.2) is 0 Å². The molecule has 2 nitrogen and oxygen atoms in total. The number of nitriles is 1. The minimum Gasteiger partial charge on any atom is -0.343 e. The van der Waals surface area contributed by atoms with Gasteiger partial charge in [0.25, 0.3) is 0 Å². The van der Waals surface area contributed by atoms with Crippen LogP contribution in [-0.2, 0) is 0 Å². The van der Waals surface area contributed by atoms with E-state index in [-0.39, 0.29) is 0 Å². The van der Waals surface area contributed by atoms with Crippen LogP contribution in [0.15, 0.2) is 42.5 Å². The normalized spacial score (nSPS) is 9.89. The summed E-state index contributed by atoms with van der Waals surface area (Å²) >= 11 is 6.00. The fraction of sp³-hybridized carbons (Fsp3) is 0.133. The van der Waals surface area contributed by atoms with Gasteiger partial charge in [-0.1, -0.05) is 23.7 Å². The maximum atomic E-state index is 9.14. The zero-order valence-corrected chi connectivity index (χ0v) is 11.1. The Balaban J connectivity index is 2.49. The molecule has 0 bridgehead atoms. The van der Waals surface area contributed by atoms with E-state index in [2.05, 4.69) is 12.1 Å². The van der Waals surface area contributed by atoms with Crippen LogP contribution in [0.25, 0.3) is 0 Å². The molecule has 0 saturated heterocycles. The van der Waals surface area contributed by atoms with Crippen LogP contribution in [-0.4, -0.2) is 7.05 Å². The standard InChI is InChI=1S/C15H13ClN2/c1-11-4-3-5-14(8-11)18(2)15-9-13(16)7-6-12(15)10-17/h3-9H,1-2H3. The van der Waals surface area contributed by atoms with Crippen molar-refractivity contribution in [1.29, 1.82) is 5.26 Å². The number of halogens is 1. The van der Waals surface area contributed by atoms with Gasteiger partial charge in [0.05, 0.1) is 11.3 Å². The molecule has 2 rings (SSSR count). The number of aryl methyl sites for hydroxylation is 1. The van der Waals surface area contributed by atoms with Crippen LogP contribution < -0.4 is 4.90 Å². The van der Waals surface area contributed by atoms with Gasteiger partial charge in [0.15, 0.2) is 0 Å². The lowest BCUT2D eigenvalue weighted by molar-refractivity contribution is 1.19. The fourth-order valence-electron chi connectivity index (χ4n) is 1.85. The zero-order chi connectivity index (χ0) is 13.1. The predicted molar refractivity (Wildman–Crippen MR) is 75.4 cm³/mol. The van der Waals surface area contributed by atoms with Gasteiger partial charge in [0.1, 0.15) is 6.07 Å². The van der Waals surface area contributed by atoms with E-state index in [9.17, 15) is 0 Å². The smallest absolute Gasteiger partial charge is 0.101 e. The Morgan fingerprint density at radius 1 is 1.17 bits per heavy atom. The molecule has 2 aromatic carbocycles. The Kier molecular flexibility index (Phi) is 3.55. The van der Waals surface area contributed by atoms with Crippen molar-refractivity contribution in [2.75, 3.05) is 11.9 Å². The third-order valence-corrected chi connectivity index (χ3v) is 3.07. The number of benzene rings is 2. The Labute approximate surface area is 112 Å². The maximum absolute atomic E-state index is 9.14. The molecule has 0 aliphatic rings. The molecule has 3 heteroatoms. The Morgan fingerprint density at radius 2 is 1.94 bits per heavy atom. The Morgan fingerprint density at radius 3 is 2.61 bits per heavy atom. The van der Waals surface area contributed by atoms with E-state index >= 15 is 0 Å². The molecule has 0 fully saturated rings. The quantitative estimate of drug-likeness (QED) is 0.802. The summed E-state index contributed by atoms with van der Waals surface area (Å²) in [5.74, 6) is 0. The predicted octanol–water partition coefficient (Wildman–Crippen LogP) is 4.29. The van der Waals surface area contributed by atoms with E-state index in [1.165, 1.54) is 5.56 Å². The van der Waals surface area contributed by atoms with Crippen LogP contribution in [0.4, 0.5) is 11.4 Å². The third-order valence-electron chi connectivity index (χ3n) is 2.83. The van der Waals surface area contributed by atoms with Crippen LogP contribution in [0, 0.1) is 18.3 Å². The van der Waals surface area contributed by atoms with Gasteiger partial charge in [0, 0.05) is 17.8 Å².